The number of hydrogen-bond donors (Lipinski definition) is 1. The third-order valence-electron chi connectivity index (χ3n) is 2.80. The number of ketones is 1. The average molecular weight is 288 g/mol. The van der Waals surface area contributed by atoms with Gasteiger partial charge in [0, 0.05) is 17.8 Å². The highest BCUT2D eigenvalue weighted by atomic mass is 32.2. The van der Waals surface area contributed by atoms with E-state index in [9.17, 15) is 9.59 Å². The molecule has 0 aliphatic carbocycles. The van der Waals surface area contributed by atoms with Gasteiger partial charge in [0.2, 0.25) is 0 Å². The molecule has 1 aromatic heterocycles. The lowest BCUT2D eigenvalue weighted by molar-refractivity contribution is 0.102. The van der Waals surface area contributed by atoms with E-state index in [1.54, 1.807) is 0 Å². The normalized spacial score (nSPS) is 10.4. The zero-order chi connectivity index (χ0) is 14.4. The van der Waals surface area contributed by atoms with Crippen molar-refractivity contribution in [3.8, 4) is 0 Å². The predicted molar refractivity (Wildman–Crippen MR) is 80.3 cm³/mol. The second-order valence-corrected chi connectivity index (χ2v) is 5.36. The summed E-state index contributed by atoms with van der Waals surface area (Å²) in [7, 11) is 0. The van der Waals surface area contributed by atoms with Gasteiger partial charge < -0.3 is 4.98 Å². The summed E-state index contributed by atoms with van der Waals surface area (Å²) in [6.07, 6.45) is 3.56. The lowest BCUT2D eigenvalue weighted by Crippen LogP contribution is -2.08. The molecular formula is C15H16N2O2S. The minimum atomic E-state index is -0.209. The van der Waals surface area contributed by atoms with E-state index in [0.29, 0.717) is 10.7 Å². The SMILES string of the molecule is CCCc1ccc(C(=O)CSc2nccc(=O)[nH]2)cc1. The molecule has 1 N–H and O–H groups in total. The van der Waals surface area contributed by atoms with E-state index >= 15 is 0 Å². The fourth-order valence-electron chi connectivity index (χ4n) is 1.79. The molecule has 0 unspecified atom stereocenters. The molecule has 0 saturated carbocycles. The molecular weight excluding hydrogens is 272 g/mol. The molecule has 4 nitrogen and oxygen atoms in total. The van der Waals surface area contributed by atoms with Crippen LogP contribution in [0.2, 0.25) is 0 Å². The Labute approximate surface area is 121 Å². The average Bonchev–Trinajstić information content (AvgIpc) is 2.46. The summed E-state index contributed by atoms with van der Waals surface area (Å²) in [5.74, 6) is 0.296. The Morgan fingerprint density at radius 3 is 2.65 bits per heavy atom. The van der Waals surface area contributed by atoms with Gasteiger partial charge in [0.25, 0.3) is 5.56 Å². The molecule has 0 saturated heterocycles. The Hall–Kier alpha value is -1.88. The van der Waals surface area contributed by atoms with E-state index in [1.807, 2.05) is 24.3 Å². The van der Waals surface area contributed by atoms with Gasteiger partial charge in [-0.3, -0.25) is 9.59 Å². The fraction of sp³-hybridized carbons (Fsp3) is 0.267. The van der Waals surface area contributed by atoms with Crippen molar-refractivity contribution < 1.29 is 4.79 Å². The topological polar surface area (TPSA) is 62.8 Å². The fourth-order valence-corrected chi connectivity index (χ4v) is 2.53. The number of thioether (sulfide) groups is 1. The third kappa shape index (κ3) is 4.06. The van der Waals surface area contributed by atoms with E-state index in [1.165, 1.54) is 29.6 Å². The van der Waals surface area contributed by atoms with Crippen molar-refractivity contribution in [1.29, 1.82) is 0 Å². The van der Waals surface area contributed by atoms with Gasteiger partial charge in [0.1, 0.15) is 0 Å². The van der Waals surface area contributed by atoms with E-state index in [2.05, 4.69) is 16.9 Å². The molecule has 5 heteroatoms. The molecule has 0 radical (unpaired) electrons. The summed E-state index contributed by atoms with van der Waals surface area (Å²) in [5.41, 5.74) is 1.72. The molecule has 0 fully saturated rings. The number of nitrogens with one attached hydrogen (secondary N) is 1. The number of nitrogens with zero attached hydrogens (tertiary/aromatic N) is 1. The van der Waals surface area contributed by atoms with Gasteiger partial charge in [-0.1, -0.05) is 49.4 Å². The van der Waals surface area contributed by atoms with Gasteiger partial charge >= 0.3 is 0 Å². The van der Waals surface area contributed by atoms with Crippen LogP contribution in [0.4, 0.5) is 0 Å². The number of H-pyrrole nitrogens is 1. The number of rotatable bonds is 6. The van der Waals surface area contributed by atoms with Crippen LogP contribution >= 0.6 is 11.8 Å². The maximum Gasteiger partial charge on any atom is 0.251 e. The zero-order valence-corrected chi connectivity index (χ0v) is 12.1. The smallest absolute Gasteiger partial charge is 0.251 e. The predicted octanol–water partition coefficient (Wildman–Crippen LogP) is 2.70. The van der Waals surface area contributed by atoms with Crippen molar-refractivity contribution in [2.45, 2.75) is 24.9 Å². The molecule has 0 aliphatic rings. The largest absolute Gasteiger partial charge is 0.301 e. The minimum Gasteiger partial charge on any atom is -0.301 e. The highest BCUT2D eigenvalue weighted by molar-refractivity contribution is 7.99. The Morgan fingerprint density at radius 2 is 2.00 bits per heavy atom. The summed E-state index contributed by atoms with van der Waals surface area (Å²) < 4.78 is 0. The van der Waals surface area contributed by atoms with Crippen LogP contribution in [0.1, 0.15) is 29.3 Å². The van der Waals surface area contributed by atoms with Crippen LogP contribution < -0.4 is 5.56 Å². The number of aromatic amines is 1. The summed E-state index contributed by atoms with van der Waals surface area (Å²) in [6.45, 7) is 2.13. The molecule has 1 aromatic carbocycles. The molecule has 2 rings (SSSR count). The quantitative estimate of drug-likeness (QED) is 0.504. The van der Waals surface area contributed by atoms with Crippen LogP contribution in [0.3, 0.4) is 0 Å². The lowest BCUT2D eigenvalue weighted by Gasteiger charge is -2.03. The van der Waals surface area contributed by atoms with Crippen molar-refractivity contribution in [1.82, 2.24) is 9.97 Å². The maximum atomic E-state index is 12.0. The first-order valence-electron chi connectivity index (χ1n) is 6.49. The summed E-state index contributed by atoms with van der Waals surface area (Å²) >= 11 is 1.24. The first kappa shape index (κ1) is 14.5. The molecule has 0 bridgehead atoms. The van der Waals surface area contributed by atoms with Crippen LogP contribution in [0.15, 0.2) is 46.5 Å². The van der Waals surface area contributed by atoms with Crippen LogP contribution in [-0.4, -0.2) is 21.5 Å². The Balaban J connectivity index is 1.96. The van der Waals surface area contributed by atoms with Crippen molar-refractivity contribution in [3.05, 3.63) is 58.0 Å². The van der Waals surface area contributed by atoms with Gasteiger partial charge in [-0.05, 0) is 12.0 Å². The monoisotopic (exact) mass is 288 g/mol. The zero-order valence-electron chi connectivity index (χ0n) is 11.3. The third-order valence-corrected chi connectivity index (χ3v) is 3.69. The highest BCUT2D eigenvalue weighted by Crippen LogP contribution is 2.14. The molecule has 0 amide bonds. The second-order valence-electron chi connectivity index (χ2n) is 4.40. The molecule has 1 heterocycles. The Morgan fingerprint density at radius 1 is 1.25 bits per heavy atom. The standard InChI is InChI=1S/C15H16N2O2S/c1-2-3-11-4-6-12(7-5-11)13(18)10-20-15-16-9-8-14(19)17-15/h4-9H,2-3,10H2,1H3,(H,16,17,19). The molecule has 0 spiro atoms. The molecule has 2 aromatic rings. The summed E-state index contributed by atoms with van der Waals surface area (Å²) in [5, 5.41) is 0.466. The van der Waals surface area contributed by atoms with E-state index in [-0.39, 0.29) is 17.1 Å². The lowest BCUT2D eigenvalue weighted by atomic mass is 10.1. The molecule has 0 aliphatic heterocycles. The van der Waals surface area contributed by atoms with Crippen LogP contribution in [0, 0.1) is 0 Å². The number of carbonyl (C=O) groups excluding carboxylic acids is 1. The van der Waals surface area contributed by atoms with Crippen LogP contribution in [0.25, 0.3) is 0 Å². The Kier molecular flexibility index (Phi) is 5.12. The number of carbonyl (C=O) groups is 1. The van der Waals surface area contributed by atoms with E-state index in [0.717, 1.165) is 12.8 Å². The highest BCUT2D eigenvalue weighted by Gasteiger charge is 2.07. The molecule has 104 valence electrons. The van der Waals surface area contributed by atoms with Crippen molar-refractivity contribution >= 4 is 17.5 Å². The summed E-state index contributed by atoms with van der Waals surface area (Å²) in [6, 6.07) is 9.04. The maximum absolute atomic E-state index is 12.0. The van der Waals surface area contributed by atoms with E-state index < -0.39 is 0 Å². The van der Waals surface area contributed by atoms with Gasteiger partial charge in [0.15, 0.2) is 10.9 Å². The number of Topliss-reactive ketones (excluding diaryl/α,β-unsaturated/α-hetero) is 1. The first-order valence-corrected chi connectivity index (χ1v) is 7.48. The van der Waals surface area contributed by atoms with Crippen molar-refractivity contribution in [2.24, 2.45) is 0 Å². The minimum absolute atomic E-state index is 0.0320. The number of aryl methyl sites for hydroxylation is 1. The van der Waals surface area contributed by atoms with Gasteiger partial charge in [-0.15, -0.1) is 0 Å². The first-order chi connectivity index (χ1) is 9.69. The van der Waals surface area contributed by atoms with Gasteiger partial charge in [0.05, 0.1) is 5.75 Å². The number of benzene rings is 1. The molecule has 0 atom stereocenters. The van der Waals surface area contributed by atoms with E-state index in [4.69, 9.17) is 0 Å². The Bertz CT molecular complexity index is 635. The van der Waals surface area contributed by atoms with Gasteiger partial charge in [-0.2, -0.15) is 0 Å². The van der Waals surface area contributed by atoms with Crippen molar-refractivity contribution in [2.75, 3.05) is 5.75 Å². The number of aromatic nitrogens is 2. The van der Waals surface area contributed by atoms with Gasteiger partial charge in [-0.25, -0.2) is 4.98 Å². The molecule has 20 heavy (non-hydrogen) atoms. The van der Waals surface area contributed by atoms with Crippen LogP contribution in [-0.2, 0) is 6.42 Å². The van der Waals surface area contributed by atoms with Crippen molar-refractivity contribution in [3.63, 3.8) is 0 Å². The number of hydrogen-bond acceptors (Lipinski definition) is 4. The summed E-state index contributed by atoms with van der Waals surface area (Å²) in [4.78, 5) is 29.7. The van der Waals surface area contributed by atoms with Crippen LogP contribution in [0.5, 0.6) is 0 Å². The second kappa shape index (κ2) is 7.05.